The van der Waals surface area contributed by atoms with Gasteiger partial charge < -0.3 is 9.72 Å². The molecule has 3 nitrogen and oxygen atoms in total. The Hall–Kier alpha value is -1.25. The molecule has 10 heavy (non-hydrogen) atoms. The molecular formula is C7H7N2O. The number of ether oxygens (including phenoxy) is 1. The van der Waals surface area contributed by atoms with Crippen LogP contribution in [-0.2, 0) is 4.74 Å². The number of H-pyrrole nitrogens is 1. The molecule has 1 aromatic heterocycles. The fourth-order valence-corrected chi connectivity index (χ4v) is 0.965. The second-order valence-electron chi connectivity index (χ2n) is 2.17. The lowest BCUT2D eigenvalue weighted by Gasteiger charge is -1.99. The van der Waals surface area contributed by atoms with E-state index in [1.807, 2.05) is 18.3 Å². The molecule has 1 aromatic rings. The number of aromatic amines is 1. The van der Waals surface area contributed by atoms with Crippen LogP contribution in [0.15, 0.2) is 23.3 Å². The van der Waals surface area contributed by atoms with Gasteiger partial charge in [0.2, 0.25) is 0 Å². The van der Waals surface area contributed by atoms with Crippen LogP contribution in [0, 0.1) is 0 Å². The van der Waals surface area contributed by atoms with Gasteiger partial charge in [0, 0.05) is 11.9 Å². The van der Waals surface area contributed by atoms with E-state index >= 15 is 0 Å². The first-order valence-electron chi connectivity index (χ1n) is 3.17. The van der Waals surface area contributed by atoms with Crippen LogP contribution in [0.4, 0.5) is 0 Å². The maximum Gasteiger partial charge on any atom is 0.273 e. The zero-order chi connectivity index (χ0) is 6.81. The Morgan fingerprint density at radius 3 is 3.40 bits per heavy atom. The highest BCUT2D eigenvalue weighted by Crippen LogP contribution is 2.17. The fraction of sp³-hybridized carbons (Fsp3) is 0.286. The SMILES string of the molecule is [C]1=NC(c2ccc[nH]2)CO1. The van der Waals surface area contributed by atoms with Crippen LogP contribution in [0.25, 0.3) is 0 Å². The smallest absolute Gasteiger partial charge is 0.273 e. The Morgan fingerprint density at radius 1 is 1.80 bits per heavy atom. The van der Waals surface area contributed by atoms with E-state index in [0.29, 0.717) is 6.61 Å². The van der Waals surface area contributed by atoms with Crippen LogP contribution >= 0.6 is 0 Å². The molecule has 1 aliphatic heterocycles. The van der Waals surface area contributed by atoms with Crippen molar-refractivity contribution in [2.45, 2.75) is 6.04 Å². The largest absolute Gasteiger partial charge is 0.471 e. The van der Waals surface area contributed by atoms with Crippen molar-refractivity contribution in [3.8, 4) is 0 Å². The molecule has 1 unspecified atom stereocenters. The quantitative estimate of drug-likeness (QED) is 0.612. The van der Waals surface area contributed by atoms with E-state index in [1.165, 1.54) is 0 Å². The highest BCUT2D eigenvalue weighted by Gasteiger charge is 2.14. The second-order valence-corrected chi connectivity index (χ2v) is 2.17. The minimum Gasteiger partial charge on any atom is -0.471 e. The molecule has 0 saturated heterocycles. The zero-order valence-electron chi connectivity index (χ0n) is 5.37. The molecule has 0 bridgehead atoms. The lowest BCUT2D eigenvalue weighted by Crippen LogP contribution is -1.96. The average molecular weight is 135 g/mol. The topological polar surface area (TPSA) is 37.4 Å². The summed E-state index contributed by atoms with van der Waals surface area (Å²) >= 11 is 0. The standard InChI is InChI=1S/C7H7N2O/c1-2-6(8-3-1)7-4-10-5-9-7/h1-3,7-8H,4H2. The lowest BCUT2D eigenvalue weighted by molar-refractivity contribution is 0.328. The predicted molar refractivity (Wildman–Crippen MR) is 36.9 cm³/mol. The summed E-state index contributed by atoms with van der Waals surface area (Å²) in [5.41, 5.74) is 1.09. The highest BCUT2D eigenvalue weighted by molar-refractivity contribution is 5.49. The van der Waals surface area contributed by atoms with E-state index in [0.717, 1.165) is 5.69 Å². The van der Waals surface area contributed by atoms with E-state index in [-0.39, 0.29) is 6.04 Å². The molecule has 1 N–H and O–H groups in total. The van der Waals surface area contributed by atoms with Crippen molar-refractivity contribution >= 4 is 6.40 Å². The number of aliphatic imine (C=N–C) groups is 1. The van der Waals surface area contributed by atoms with Gasteiger partial charge in [-0.3, -0.25) is 0 Å². The van der Waals surface area contributed by atoms with Crippen LogP contribution in [-0.4, -0.2) is 18.0 Å². The Morgan fingerprint density at radius 2 is 2.80 bits per heavy atom. The summed E-state index contributed by atoms with van der Waals surface area (Å²) < 4.78 is 4.84. The molecule has 2 heterocycles. The van der Waals surface area contributed by atoms with Gasteiger partial charge in [0.25, 0.3) is 6.40 Å². The molecule has 0 saturated carbocycles. The van der Waals surface area contributed by atoms with Crippen molar-refractivity contribution in [2.75, 3.05) is 6.61 Å². The maximum absolute atomic E-state index is 4.84. The van der Waals surface area contributed by atoms with Gasteiger partial charge in [-0.15, -0.1) is 0 Å². The number of nitrogens with zero attached hydrogens (tertiary/aromatic N) is 1. The van der Waals surface area contributed by atoms with E-state index < -0.39 is 0 Å². The van der Waals surface area contributed by atoms with E-state index in [1.54, 1.807) is 0 Å². The van der Waals surface area contributed by atoms with Crippen molar-refractivity contribution < 1.29 is 4.74 Å². The number of aromatic nitrogens is 1. The Balaban J connectivity index is 2.20. The van der Waals surface area contributed by atoms with Gasteiger partial charge >= 0.3 is 0 Å². The fourth-order valence-electron chi connectivity index (χ4n) is 0.965. The second kappa shape index (κ2) is 2.17. The molecule has 0 spiro atoms. The van der Waals surface area contributed by atoms with Gasteiger partial charge in [0.05, 0.1) is 0 Å². The third-order valence-electron chi connectivity index (χ3n) is 1.50. The summed E-state index contributed by atoms with van der Waals surface area (Å²) in [7, 11) is 0. The Labute approximate surface area is 58.7 Å². The summed E-state index contributed by atoms with van der Waals surface area (Å²) in [6.07, 6.45) is 4.34. The summed E-state index contributed by atoms with van der Waals surface area (Å²) in [6, 6.07) is 4.07. The van der Waals surface area contributed by atoms with Crippen LogP contribution in [0.5, 0.6) is 0 Å². The molecule has 0 fully saturated rings. The summed E-state index contributed by atoms with van der Waals surface area (Å²) in [5, 5.41) is 0. The van der Waals surface area contributed by atoms with Crippen molar-refractivity contribution in [3.05, 3.63) is 24.0 Å². The number of nitrogens with one attached hydrogen (secondary N) is 1. The zero-order valence-corrected chi connectivity index (χ0v) is 5.37. The van der Waals surface area contributed by atoms with Crippen LogP contribution in [0.2, 0.25) is 0 Å². The van der Waals surface area contributed by atoms with Gasteiger partial charge in [-0.2, -0.15) is 0 Å². The molecule has 1 atom stereocenters. The van der Waals surface area contributed by atoms with Crippen molar-refractivity contribution in [1.29, 1.82) is 0 Å². The van der Waals surface area contributed by atoms with Gasteiger partial charge in [0.15, 0.2) is 0 Å². The lowest BCUT2D eigenvalue weighted by atomic mass is 10.2. The normalized spacial score (nSPS) is 23.0. The minimum atomic E-state index is 0.134. The molecule has 0 aliphatic carbocycles. The van der Waals surface area contributed by atoms with Gasteiger partial charge in [-0.25, -0.2) is 4.99 Å². The van der Waals surface area contributed by atoms with E-state index in [9.17, 15) is 0 Å². The number of hydrogen-bond acceptors (Lipinski definition) is 2. The monoisotopic (exact) mass is 135 g/mol. The molecule has 3 heteroatoms. The van der Waals surface area contributed by atoms with Crippen molar-refractivity contribution in [2.24, 2.45) is 4.99 Å². The number of rotatable bonds is 1. The molecule has 0 amide bonds. The first-order valence-corrected chi connectivity index (χ1v) is 3.17. The molecule has 51 valence electrons. The first kappa shape index (κ1) is 5.53. The van der Waals surface area contributed by atoms with Gasteiger partial charge in [-0.1, -0.05) is 0 Å². The van der Waals surface area contributed by atoms with Crippen LogP contribution in [0.1, 0.15) is 11.7 Å². The van der Waals surface area contributed by atoms with Gasteiger partial charge in [-0.05, 0) is 12.1 Å². The summed E-state index contributed by atoms with van der Waals surface area (Å²) in [6.45, 7) is 0.612. The highest BCUT2D eigenvalue weighted by atomic mass is 16.5. The Kier molecular flexibility index (Phi) is 1.20. The Bertz CT molecular complexity index is 228. The molecule has 1 radical (unpaired) electrons. The summed E-state index contributed by atoms with van der Waals surface area (Å²) in [5.74, 6) is 0. The predicted octanol–water partition coefficient (Wildman–Crippen LogP) is 0.991. The minimum absolute atomic E-state index is 0.134. The third-order valence-corrected chi connectivity index (χ3v) is 1.50. The average Bonchev–Trinajstić information content (AvgIpc) is 2.59. The van der Waals surface area contributed by atoms with Crippen LogP contribution in [0.3, 0.4) is 0 Å². The van der Waals surface area contributed by atoms with Gasteiger partial charge in [0.1, 0.15) is 12.6 Å². The molecule has 2 rings (SSSR count). The molecule has 0 aromatic carbocycles. The first-order chi connectivity index (χ1) is 4.97. The molecule has 1 aliphatic rings. The van der Waals surface area contributed by atoms with E-state index in [4.69, 9.17) is 4.74 Å². The van der Waals surface area contributed by atoms with Crippen molar-refractivity contribution in [1.82, 2.24) is 4.98 Å². The van der Waals surface area contributed by atoms with E-state index in [2.05, 4.69) is 16.4 Å². The third kappa shape index (κ3) is 0.795. The maximum atomic E-state index is 4.84. The van der Waals surface area contributed by atoms with Crippen molar-refractivity contribution in [3.63, 3.8) is 0 Å². The number of hydrogen-bond donors (Lipinski definition) is 1. The summed E-state index contributed by atoms with van der Waals surface area (Å²) in [4.78, 5) is 7.04. The van der Waals surface area contributed by atoms with Crippen LogP contribution < -0.4 is 0 Å². The molecular weight excluding hydrogens is 128 g/mol.